The Morgan fingerprint density at radius 1 is 1.31 bits per heavy atom. The second-order valence-corrected chi connectivity index (χ2v) is 6.34. The minimum absolute atomic E-state index is 0.0683. The van der Waals surface area contributed by atoms with Gasteiger partial charge in [-0.3, -0.25) is 4.79 Å². The Balaban J connectivity index is 1.90. The molecule has 0 spiro atoms. The summed E-state index contributed by atoms with van der Waals surface area (Å²) in [5.41, 5.74) is 0. The number of carbonyl (C=O) groups excluding carboxylic acids is 1. The number of hydrogen-bond acceptors (Lipinski definition) is 5. The molecule has 2 saturated heterocycles. The molecule has 6 nitrogen and oxygen atoms in total. The van der Waals surface area contributed by atoms with Crippen LogP contribution in [0.5, 0.6) is 0 Å². The van der Waals surface area contributed by atoms with Crippen molar-refractivity contribution in [2.24, 2.45) is 0 Å². The summed E-state index contributed by atoms with van der Waals surface area (Å²) >= 11 is 0. The fourth-order valence-corrected chi connectivity index (χ4v) is 3.06. The van der Waals surface area contributed by atoms with Crippen LogP contribution in [0.25, 0.3) is 0 Å². The number of morpholine rings is 1. The van der Waals surface area contributed by atoms with Crippen LogP contribution in [-0.2, 0) is 19.4 Å². The van der Waals surface area contributed by atoms with Crippen molar-refractivity contribution in [3.05, 3.63) is 0 Å². The Labute approximate surface area is 94.9 Å². The van der Waals surface area contributed by atoms with Crippen LogP contribution >= 0.6 is 0 Å². The Kier molecular flexibility index (Phi) is 3.46. The van der Waals surface area contributed by atoms with Gasteiger partial charge in [-0.1, -0.05) is 0 Å². The highest BCUT2D eigenvalue weighted by molar-refractivity contribution is 7.91. The highest BCUT2D eigenvalue weighted by Crippen LogP contribution is 2.08. The lowest BCUT2D eigenvalue weighted by molar-refractivity contribution is -0.144. The Morgan fingerprint density at radius 3 is 2.56 bits per heavy atom. The summed E-state index contributed by atoms with van der Waals surface area (Å²) in [5, 5.41) is 3.08. The van der Waals surface area contributed by atoms with Gasteiger partial charge in [0.05, 0.1) is 18.1 Å². The molecule has 7 heteroatoms. The lowest BCUT2D eigenvalue weighted by atomic mass is 10.2. The van der Waals surface area contributed by atoms with E-state index in [-0.39, 0.29) is 17.4 Å². The topological polar surface area (TPSA) is 75.7 Å². The lowest BCUT2D eigenvalue weighted by Crippen LogP contribution is -2.53. The van der Waals surface area contributed by atoms with Crippen LogP contribution in [0, 0.1) is 0 Å². The van der Waals surface area contributed by atoms with Gasteiger partial charge in [0, 0.05) is 26.2 Å². The molecule has 0 aliphatic carbocycles. The molecule has 0 aromatic rings. The molecule has 1 unspecified atom stereocenters. The molecule has 2 heterocycles. The predicted molar refractivity (Wildman–Crippen MR) is 57.8 cm³/mol. The summed E-state index contributed by atoms with van der Waals surface area (Å²) in [5.74, 6) is 0.0414. The van der Waals surface area contributed by atoms with E-state index < -0.39 is 15.9 Å². The van der Waals surface area contributed by atoms with Crippen LogP contribution in [0.15, 0.2) is 0 Å². The normalized spacial score (nSPS) is 30.0. The third-order valence-corrected chi connectivity index (χ3v) is 4.47. The summed E-state index contributed by atoms with van der Waals surface area (Å²) in [6.07, 6.45) is -0.449. The minimum atomic E-state index is -2.93. The van der Waals surface area contributed by atoms with E-state index in [1.165, 1.54) is 0 Å². The Morgan fingerprint density at radius 2 is 2.00 bits per heavy atom. The monoisotopic (exact) mass is 248 g/mol. The second-order valence-electron chi connectivity index (χ2n) is 4.04. The van der Waals surface area contributed by atoms with E-state index in [0.717, 1.165) is 6.54 Å². The van der Waals surface area contributed by atoms with Gasteiger partial charge in [0.15, 0.2) is 9.84 Å². The first-order valence-corrected chi connectivity index (χ1v) is 7.22. The van der Waals surface area contributed by atoms with Crippen LogP contribution in [0.4, 0.5) is 0 Å². The average molecular weight is 248 g/mol. The summed E-state index contributed by atoms with van der Waals surface area (Å²) in [6, 6.07) is 0. The third kappa shape index (κ3) is 2.72. The maximum absolute atomic E-state index is 11.9. The molecular formula is C9H16N2O4S. The van der Waals surface area contributed by atoms with Crippen molar-refractivity contribution in [1.82, 2.24) is 10.2 Å². The summed E-state index contributed by atoms with van der Waals surface area (Å²) in [4.78, 5) is 13.5. The van der Waals surface area contributed by atoms with Gasteiger partial charge in [-0.15, -0.1) is 0 Å². The van der Waals surface area contributed by atoms with Crippen molar-refractivity contribution >= 4 is 15.7 Å². The Hall–Kier alpha value is -0.660. The van der Waals surface area contributed by atoms with Gasteiger partial charge in [0.1, 0.15) is 6.10 Å². The van der Waals surface area contributed by atoms with Crippen molar-refractivity contribution in [3.63, 3.8) is 0 Å². The van der Waals surface area contributed by atoms with Crippen molar-refractivity contribution in [1.29, 1.82) is 0 Å². The molecule has 2 aliphatic rings. The van der Waals surface area contributed by atoms with Crippen molar-refractivity contribution in [3.8, 4) is 0 Å². The molecule has 2 fully saturated rings. The van der Waals surface area contributed by atoms with E-state index in [2.05, 4.69) is 5.32 Å². The van der Waals surface area contributed by atoms with E-state index >= 15 is 0 Å². The molecular weight excluding hydrogens is 232 g/mol. The second kappa shape index (κ2) is 4.68. The SMILES string of the molecule is O=C(C1CNCCO1)N1CCS(=O)(=O)CC1. The van der Waals surface area contributed by atoms with Crippen LogP contribution in [0.2, 0.25) is 0 Å². The zero-order chi connectivity index (χ0) is 11.6. The molecule has 0 saturated carbocycles. The largest absolute Gasteiger partial charge is 0.366 e. The summed E-state index contributed by atoms with van der Waals surface area (Å²) in [6.45, 7) is 2.39. The number of rotatable bonds is 1. The van der Waals surface area contributed by atoms with Crippen LogP contribution in [0.3, 0.4) is 0 Å². The van der Waals surface area contributed by atoms with Gasteiger partial charge in [-0.05, 0) is 0 Å². The molecule has 1 N–H and O–H groups in total. The van der Waals surface area contributed by atoms with Crippen molar-refractivity contribution < 1.29 is 17.9 Å². The molecule has 0 bridgehead atoms. The molecule has 92 valence electrons. The van der Waals surface area contributed by atoms with Gasteiger partial charge in [0.25, 0.3) is 5.91 Å². The average Bonchev–Trinajstić information content (AvgIpc) is 2.29. The highest BCUT2D eigenvalue weighted by atomic mass is 32.2. The number of nitrogens with one attached hydrogen (secondary N) is 1. The lowest BCUT2D eigenvalue weighted by Gasteiger charge is -2.31. The van der Waals surface area contributed by atoms with Gasteiger partial charge in [-0.25, -0.2) is 8.42 Å². The maximum atomic E-state index is 11.9. The van der Waals surface area contributed by atoms with E-state index in [9.17, 15) is 13.2 Å². The molecule has 2 aliphatic heterocycles. The van der Waals surface area contributed by atoms with Crippen LogP contribution in [0.1, 0.15) is 0 Å². The van der Waals surface area contributed by atoms with E-state index in [4.69, 9.17) is 4.74 Å². The smallest absolute Gasteiger partial charge is 0.253 e. The Bertz CT molecular complexity index is 348. The van der Waals surface area contributed by atoms with Crippen LogP contribution in [-0.4, -0.2) is 69.6 Å². The highest BCUT2D eigenvalue weighted by Gasteiger charge is 2.30. The first-order chi connectivity index (χ1) is 7.58. The molecule has 0 aromatic carbocycles. The number of ether oxygens (including phenoxy) is 1. The molecule has 0 aromatic heterocycles. The zero-order valence-corrected chi connectivity index (χ0v) is 9.83. The number of carbonyl (C=O) groups is 1. The number of amides is 1. The van der Waals surface area contributed by atoms with E-state index in [1.807, 2.05) is 0 Å². The van der Waals surface area contributed by atoms with Crippen molar-refractivity contribution in [2.45, 2.75) is 6.10 Å². The fourth-order valence-electron chi connectivity index (χ4n) is 1.86. The van der Waals surface area contributed by atoms with Gasteiger partial charge < -0.3 is 15.0 Å². The van der Waals surface area contributed by atoms with Gasteiger partial charge in [-0.2, -0.15) is 0 Å². The minimum Gasteiger partial charge on any atom is -0.366 e. The van der Waals surface area contributed by atoms with E-state index in [1.54, 1.807) is 4.90 Å². The third-order valence-electron chi connectivity index (χ3n) is 2.86. The first-order valence-electron chi connectivity index (χ1n) is 5.40. The fraction of sp³-hybridized carbons (Fsp3) is 0.889. The molecule has 1 amide bonds. The number of hydrogen-bond donors (Lipinski definition) is 1. The van der Waals surface area contributed by atoms with Crippen LogP contribution < -0.4 is 5.32 Å². The number of sulfone groups is 1. The number of nitrogens with zero attached hydrogens (tertiary/aromatic N) is 1. The summed E-state index contributed by atoms with van der Waals surface area (Å²) in [7, 11) is -2.93. The predicted octanol–water partition coefficient (Wildman–Crippen LogP) is -1.77. The van der Waals surface area contributed by atoms with Gasteiger partial charge >= 0.3 is 0 Å². The van der Waals surface area contributed by atoms with Crippen molar-refractivity contribution in [2.75, 3.05) is 44.3 Å². The molecule has 1 atom stereocenters. The van der Waals surface area contributed by atoms with E-state index in [0.29, 0.717) is 26.2 Å². The zero-order valence-electron chi connectivity index (χ0n) is 9.02. The standard InChI is InChI=1S/C9H16N2O4S/c12-9(8-7-10-1-4-15-8)11-2-5-16(13,14)6-3-11/h8,10H,1-7H2. The first kappa shape index (κ1) is 11.8. The molecule has 16 heavy (non-hydrogen) atoms. The molecule has 2 rings (SSSR count). The summed E-state index contributed by atoms with van der Waals surface area (Å²) < 4.78 is 27.8. The quantitative estimate of drug-likeness (QED) is 0.594. The maximum Gasteiger partial charge on any atom is 0.253 e. The molecule has 0 radical (unpaired) electrons. The van der Waals surface area contributed by atoms with Gasteiger partial charge in [0.2, 0.25) is 0 Å².